The van der Waals surface area contributed by atoms with E-state index >= 15 is 0 Å². The fraction of sp³-hybridized carbons (Fsp3) is 0.700. The Labute approximate surface area is 170 Å². The monoisotopic (exact) mass is 414 g/mol. The molecule has 0 saturated carbocycles. The highest BCUT2D eigenvalue weighted by Crippen LogP contribution is 2.35. The topological polar surface area (TPSA) is 81.2 Å². The molecule has 0 aliphatic heterocycles. The average molecular weight is 415 g/mol. The minimum absolute atomic E-state index is 0.0922. The van der Waals surface area contributed by atoms with Crippen LogP contribution in [0.25, 0.3) is 0 Å². The van der Waals surface area contributed by atoms with E-state index in [2.05, 4.69) is 31.0 Å². The molecule has 1 rings (SSSR count). The van der Waals surface area contributed by atoms with Crippen LogP contribution < -0.4 is 5.69 Å². The van der Waals surface area contributed by atoms with Gasteiger partial charge in [-0.25, -0.2) is 13.8 Å². The molecule has 0 amide bonds. The van der Waals surface area contributed by atoms with Gasteiger partial charge < -0.3 is 4.74 Å². The van der Waals surface area contributed by atoms with E-state index in [0.29, 0.717) is 36.4 Å². The number of carbonyl (C=O) groups is 2. The Bertz CT molecular complexity index is 800. The number of rotatable bonds is 10. The first-order valence-corrected chi connectivity index (χ1v) is 10.1. The van der Waals surface area contributed by atoms with Crippen LogP contribution in [0.1, 0.15) is 71.5 Å². The molecular formula is C20H31FN2O4S. The molecule has 1 heterocycles. The second kappa shape index (κ2) is 10.6. The molecule has 1 aromatic rings. The molecule has 1 unspecified atom stereocenters. The summed E-state index contributed by atoms with van der Waals surface area (Å²) in [5, 5.41) is 0. The molecule has 0 fully saturated rings. The van der Waals surface area contributed by atoms with Crippen molar-refractivity contribution in [3.8, 4) is 0 Å². The number of unbranched alkanes of at least 4 members (excludes halogenated alkanes) is 2. The number of aromatic nitrogens is 2. The lowest BCUT2D eigenvalue weighted by Crippen LogP contribution is -2.36. The standard InChI is InChI=1S/C20H31FN2O4S/c1-13(2)11-20(5,14(3)4)18(25)27-10-8-6-7-9-16(24)23-12-15(21)17(28)22-19(23)26/h12-14H,6-11H2,1-5H3,(H,22,26,28). The van der Waals surface area contributed by atoms with Crippen molar-refractivity contribution in [3.05, 3.63) is 27.1 Å². The smallest absolute Gasteiger partial charge is 0.333 e. The molecule has 0 aliphatic carbocycles. The van der Waals surface area contributed by atoms with Crippen LogP contribution in [-0.2, 0) is 9.53 Å². The lowest BCUT2D eigenvalue weighted by atomic mass is 9.73. The van der Waals surface area contributed by atoms with Gasteiger partial charge in [0.05, 0.1) is 18.2 Å². The largest absolute Gasteiger partial charge is 0.465 e. The van der Waals surface area contributed by atoms with Crippen molar-refractivity contribution in [3.63, 3.8) is 0 Å². The van der Waals surface area contributed by atoms with Crippen LogP contribution in [-0.4, -0.2) is 28.0 Å². The van der Waals surface area contributed by atoms with Crippen LogP contribution in [0.5, 0.6) is 0 Å². The number of nitrogens with one attached hydrogen (secondary N) is 1. The summed E-state index contributed by atoms with van der Waals surface area (Å²) in [4.78, 5) is 38.3. The molecule has 1 aromatic heterocycles. The normalized spacial score (nSPS) is 13.6. The predicted molar refractivity (Wildman–Crippen MR) is 108 cm³/mol. The third-order valence-corrected chi connectivity index (χ3v) is 5.31. The van der Waals surface area contributed by atoms with Crippen molar-refractivity contribution in [1.82, 2.24) is 9.55 Å². The zero-order chi connectivity index (χ0) is 21.5. The number of hydrogen-bond donors (Lipinski definition) is 1. The van der Waals surface area contributed by atoms with Gasteiger partial charge >= 0.3 is 11.7 Å². The molecule has 8 heteroatoms. The molecule has 0 radical (unpaired) electrons. The summed E-state index contributed by atoms with van der Waals surface area (Å²) >= 11 is 4.61. The van der Waals surface area contributed by atoms with Crippen molar-refractivity contribution in [2.45, 2.75) is 66.7 Å². The minimum Gasteiger partial charge on any atom is -0.465 e. The van der Waals surface area contributed by atoms with Crippen molar-refractivity contribution in [2.24, 2.45) is 17.3 Å². The Balaban J connectivity index is 2.42. The summed E-state index contributed by atoms with van der Waals surface area (Å²) in [6.45, 7) is 10.5. The number of ether oxygens (including phenoxy) is 1. The number of H-pyrrole nitrogens is 1. The molecular weight excluding hydrogens is 383 g/mol. The van der Waals surface area contributed by atoms with E-state index in [1.807, 2.05) is 20.8 Å². The van der Waals surface area contributed by atoms with E-state index in [0.717, 1.165) is 12.6 Å². The molecule has 28 heavy (non-hydrogen) atoms. The van der Waals surface area contributed by atoms with Gasteiger partial charge in [-0.05, 0) is 44.4 Å². The Morgan fingerprint density at radius 1 is 1.25 bits per heavy atom. The van der Waals surface area contributed by atoms with Gasteiger partial charge in [0.1, 0.15) is 4.64 Å². The van der Waals surface area contributed by atoms with Crippen LogP contribution >= 0.6 is 12.2 Å². The molecule has 0 aromatic carbocycles. The second-order valence-corrected chi connectivity index (χ2v) is 8.53. The number of halogens is 1. The minimum atomic E-state index is -0.815. The first-order chi connectivity index (χ1) is 13.0. The number of nitrogens with zero attached hydrogens (tertiary/aromatic N) is 1. The zero-order valence-corrected chi connectivity index (χ0v) is 18.2. The van der Waals surface area contributed by atoms with Gasteiger partial charge in [-0.2, -0.15) is 0 Å². The average Bonchev–Trinajstić information content (AvgIpc) is 2.59. The zero-order valence-electron chi connectivity index (χ0n) is 17.3. The van der Waals surface area contributed by atoms with Gasteiger partial charge in [-0.3, -0.25) is 14.6 Å². The SMILES string of the molecule is CC(C)CC(C)(C(=O)OCCCCCC(=O)n1cc(F)c(=S)[nH]c1=O)C(C)C. The van der Waals surface area contributed by atoms with E-state index in [9.17, 15) is 18.8 Å². The maximum Gasteiger partial charge on any atom is 0.333 e. The van der Waals surface area contributed by atoms with Gasteiger partial charge in [0.25, 0.3) is 0 Å². The molecule has 1 N–H and O–H groups in total. The van der Waals surface area contributed by atoms with E-state index in [1.165, 1.54) is 0 Å². The summed E-state index contributed by atoms with van der Waals surface area (Å²) in [6, 6.07) is 0. The number of esters is 1. The fourth-order valence-electron chi connectivity index (χ4n) is 3.04. The molecule has 0 aliphatic rings. The Morgan fingerprint density at radius 3 is 2.46 bits per heavy atom. The van der Waals surface area contributed by atoms with Crippen molar-refractivity contribution >= 4 is 24.1 Å². The van der Waals surface area contributed by atoms with Gasteiger partial charge in [-0.15, -0.1) is 0 Å². The predicted octanol–water partition coefficient (Wildman–Crippen LogP) is 4.50. The first kappa shape index (κ1) is 24.2. The molecule has 0 saturated heterocycles. The third kappa shape index (κ3) is 6.65. The van der Waals surface area contributed by atoms with Gasteiger partial charge in [0.2, 0.25) is 5.91 Å². The van der Waals surface area contributed by atoms with Gasteiger partial charge in [0.15, 0.2) is 5.82 Å². The molecule has 0 spiro atoms. The number of aromatic amines is 1. The molecule has 1 atom stereocenters. The van der Waals surface area contributed by atoms with Gasteiger partial charge in [-0.1, -0.05) is 39.9 Å². The lowest BCUT2D eigenvalue weighted by Gasteiger charge is -2.32. The maximum atomic E-state index is 13.4. The van der Waals surface area contributed by atoms with E-state index in [1.54, 1.807) is 0 Å². The van der Waals surface area contributed by atoms with Crippen LogP contribution in [0.3, 0.4) is 0 Å². The fourth-order valence-corrected chi connectivity index (χ4v) is 3.18. The number of hydrogen-bond acceptors (Lipinski definition) is 5. The number of carbonyl (C=O) groups excluding carboxylic acids is 2. The van der Waals surface area contributed by atoms with Crippen molar-refractivity contribution in [1.29, 1.82) is 0 Å². The Kier molecular flexibility index (Phi) is 9.20. The van der Waals surface area contributed by atoms with Crippen LogP contribution in [0, 0.1) is 27.7 Å². The highest BCUT2D eigenvalue weighted by Gasteiger charge is 2.38. The van der Waals surface area contributed by atoms with E-state index in [4.69, 9.17) is 4.74 Å². The summed E-state index contributed by atoms with van der Waals surface area (Å²) in [5.74, 6) is -0.932. The van der Waals surface area contributed by atoms with E-state index < -0.39 is 22.8 Å². The molecule has 0 bridgehead atoms. The summed E-state index contributed by atoms with van der Waals surface area (Å²) < 4.78 is 19.3. The summed E-state index contributed by atoms with van der Waals surface area (Å²) in [6.07, 6.45) is 3.45. The molecule has 158 valence electrons. The maximum absolute atomic E-state index is 13.4. The van der Waals surface area contributed by atoms with Crippen LogP contribution in [0.4, 0.5) is 4.39 Å². The van der Waals surface area contributed by atoms with Gasteiger partial charge in [0, 0.05) is 6.42 Å². The summed E-state index contributed by atoms with van der Waals surface area (Å²) in [5.41, 5.74) is -1.26. The highest BCUT2D eigenvalue weighted by molar-refractivity contribution is 7.71. The quantitative estimate of drug-likeness (QED) is 0.346. The third-order valence-electron chi connectivity index (χ3n) is 5.01. The van der Waals surface area contributed by atoms with Crippen molar-refractivity contribution < 1.29 is 18.7 Å². The van der Waals surface area contributed by atoms with Crippen molar-refractivity contribution in [2.75, 3.05) is 6.61 Å². The molecule has 6 nitrogen and oxygen atoms in total. The second-order valence-electron chi connectivity index (χ2n) is 8.12. The Hall–Kier alpha value is -1.83. The Morgan fingerprint density at radius 2 is 1.89 bits per heavy atom. The van der Waals surface area contributed by atoms with E-state index in [-0.39, 0.29) is 22.9 Å². The lowest BCUT2D eigenvalue weighted by molar-refractivity contribution is -0.159. The summed E-state index contributed by atoms with van der Waals surface area (Å²) in [7, 11) is 0. The first-order valence-electron chi connectivity index (χ1n) is 9.71. The van der Waals surface area contributed by atoms with Crippen LogP contribution in [0.15, 0.2) is 11.0 Å². The van der Waals surface area contributed by atoms with Crippen LogP contribution in [0.2, 0.25) is 0 Å². The highest BCUT2D eigenvalue weighted by atomic mass is 32.1.